The van der Waals surface area contributed by atoms with E-state index in [1.807, 2.05) is 13.0 Å². The summed E-state index contributed by atoms with van der Waals surface area (Å²) < 4.78 is 5.24. The number of amidine groups is 1. The lowest BCUT2D eigenvalue weighted by molar-refractivity contribution is 0.0736. The number of halogens is 1. The number of carbonyl (C=O) groups excluding carboxylic acids is 1. The summed E-state index contributed by atoms with van der Waals surface area (Å²) in [6.07, 6.45) is 0. The Labute approximate surface area is 128 Å². The maximum absolute atomic E-state index is 12.0. The fraction of sp³-hybridized carbons (Fsp3) is 0.0667. The van der Waals surface area contributed by atoms with Crippen molar-refractivity contribution < 1.29 is 9.53 Å². The number of benzene rings is 2. The second-order valence-electron chi connectivity index (χ2n) is 4.36. The Kier molecular flexibility index (Phi) is 5.32. The van der Waals surface area contributed by atoms with Gasteiger partial charge in [0.2, 0.25) is 0 Å². The minimum absolute atomic E-state index is 0. The van der Waals surface area contributed by atoms with Gasteiger partial charge in [0.15, 0.2) is 0 Å². The highest BCUT2D eigenvalue weighted by molar-refractivity contribution is 5.97. The SMILES string of the molecule is Cc1cccc(C(=O)Oc2ccc(C(=N)N)cc2)c1N.Cl. The molecule has 0 aliphatic rings. The van der Waals surface area contributed by atoms with Crippen molar-refractivity contribution in [2.75, 3.05) is 5.73 Å². The third-order valence-corrected chi connectivity index (χ3v) is 2.92. The summed E-state index contributed by atoms with van der Waals surface area (Å²) in [4.78, 5) is 12.0. The zero-order valence-corrected chi connectivity index (χ0v) is 12.2. The largest absolute Gasteiger partial charge is 0.423 e. The van der Waals surface area contributed by atoms with Crippen molar-refractivity contribution in [3.05, 3.63) is 59.2 Å². The standard InChI is InChI=1S/C15H15N3O2.ClH/c1-9-3-2-4-12(13(9)16)15(19)20-11-7-5-10(6-8-11)14(17)18;/h2-8H,16H2,1H3,(H3,17,18);1H. The van der Waals surface area contributed by atoms with Gasteiger partial charge >= 0.3 is 5.97 Å². The molecule has 0 aliphatic carbocycles. The maximum atomic E-state index is 12.0. The Bertz CT molecular complexity index is 669. The molecule has 0 spiro atoms. The molecule has 0 atom stereocenters. The first kappa shape index (κ1) is 16.5. The minimum Gasteiger partial charge on any atom is -0.423 e. The molecule has 0 heterocycles. The number of esters is 1. The van der Waals surface area contributed by atoms with E-state index in [0.29, 0.717) is 22.6 Å². The highest BCUT2D eigenvalue weighted by Gasteiger charge is 2.13. The normalized spacial score (nSPS) is 9.57. The van der Waals surface area contributed by atoms with Gasteiger partial charge < -0.3 is 16.2 Å². The first-order chi connectivity index (χ1) is 9.49. The molecule has 2 aromatic rings. The molecule has 0 bridgehead atoms. The highest BCUT2D eigenvalue weighted by Crippen LogP contribution is 2.19. The zero-order valence-electron chi connectivity index (χ0n) is 11.4. The molecule has 0 amide bonds. The van der Waals surface area contributed by atoms with Gasteiger partial charge in [-0.3, -0.25) is 5.41 Å². The summed E-state index contributed by atoms with van der Waals surface area (Å²) >= 11 is 0. The van der Waals surface area contributed by atoms with E-state index in [1.165, 1.54) is 0 Å². The van der Waals surface area contributed by atoms with Crippen LogP contribution in [-0.4, -0.2) is 11.8 Å². The number of nitrogens with two attached hydrogens (primary N) is 2. The third kappa shape index (κ3) is 3.73. The molecule has 6 heteroatoms. The lowest BCUT2D eigenvalue weighted by Crippen LogP contribution is -2.13. The van der Waals surface area contributed by atoms with Gasteiger partial charge in [0.25, 0.3) is 0 Å². The van der Waals surface area contributed by atoms with Gasteiger partial charge in [0.05, 0.1) is 5.56 Å². The number of hydrogen-bond donors (Lipinski definition) is 3. The molecule has 0 saturated heterocycles. The van der Waals surface area contributed by atoms with Gasteiger partial charge in [-0.1, -0.05) is 12.1 Å². The van der Waals surface area contributed by atoms with Crippen LogP contribution in [0, 0.1) is 12.3 Å². The molecule has 0 saturated carbocycles. The van der Waals surface area contributed by atoms with Crippen LogP contribution in [0.1, 0.15) is 21.5 Å². The predicted octanol–water partition coefficient (Wildman–Crippen LogP) is 2.50. The summed E-state index contributed by atoms with van der Waals surface area (Å²) in [6.45, 7) is 1.83. The van der Waals surface area contributed by atoms with Crippen LogP contribution >= 0.6 is 12.4 Å². The lowest BCUT2D eigenvalue weighted by atomic mass is 10.1. The topological polar surface area (TPSA) is 102 Å². The van der Waals surface area contributed by atoms with Gasteiger partial charge in [0.1, 0.15) is 11.6 Å². The summed E-state index contributed by atoms with van der Waals surface area (Å²) in [6, 6.07) is 11.6. The molecule has 21 heavy (non-hydrogen) atoms. The van der Waals surface area contributed by atoms with Gasteiger partial charge in [0, 0.05) is 11.3 Å². The Hall–Kier alpha value is -2.53. The molecule has 2 rings (SSSR count). The van der Waals surface area contributed by atoms with Gasteiger partial charge in [-0.05, 0) is 42.8 Å². The van der Waals surface area contributed by atoms with Crippen LogP contribution in [0.15, 0.2) is 42.5 Å². The van der Waals surface area contributed by atoms with Gasteiger partial charge in [-0.2, -0.15) is 0 Å². The van der Waals surface area contributed by atoms with Crippen molar-refractivity contribution in [2.24, 2.45) is 5.73 Å². The van der Waals surface area contributed by atoms with Crippen LogP contribution in [0.2, 0.25) is 0 Å². The fourth-order valence-corrected chi connectivity index (χ4v) is 1.72. The predicted molar refractivity (Wildman–Crippen MR) is 85.3 cm³/mol. The van der Waals surface area contributed by atoms with E-state index in [2.05, 4.69) is 0 Å². The zero-order chi connectivity index (χ0) is 14.7. The lowest BCUT2D eigenvalue weighted by Gasteiger charge is -2.08. The molecule has 0 aliphatic heterocycles. The van der Waals surface area contributed by atoms with E-state index in [-0.39, 0.29) is 18.2 Å². The molecule has 0 unspecified atom stereocenters. The second kappa shape index (κ2) is 6.76. The number of nitrogen functional groups attached to an aromatic ring is 2. The summed E-state index contributed by atoms with van der Waals surface area (Å²) in [5, 5.41) is 7.29. The molecule has 5 N–H and O–H groups in total. The van der Waals surface area contributed by atoms with Gasteiger partial charge in [-0.15, -0.1) is 12.4 Å². The van der Waals surface area contributed by atoms with Crippen LogP contribution in [0.3, 0.4) is 0 Å². The van der Waals surface area contributed by atoms with Crippen LogP contribution < -0.4 is 16.2 Å². The maximum Gasteiger partial charge on any atom is 0.345 e. The molecule has 110 valence electrons. The Morgan fingerprint density at radius 3 is 2.33 bits per heavy atom. The Morgan fingerprint density at radius 1 is 1.14 bits per heavy atom. The average Bonchev–Trinajstić information content (AvgIpc) is 2.42. The fourth-order valence-electron chi connectivity index (χ4n) is 1.72. The molecular weight excluding hydrogens is 290 g/mol. The molecule has 0 radical (unpaired) electrons. The monoisotopic (exact) mass is 305 g/mol. The van der Waals surface area contributed by atoms with Crippen molar-refractivity contribution in [3.8, 4) is 5.75 Å². The van der Waals surface area contributed by atoms with E-state index >= 15 is 0 Å². The molecule has 0 fully saturated rings. The van der Waals surface area contributed by atoms with E-state index < -0.39 is 5.97 Å². The Morgan fingerprint density at radius 2 is 1.76 bits per heavy atom. The molecular formula is C15H16ClN3O2. The van der Waals surface area contributed by atoms with Crippen LogP contribution in [0.4, 0.5) is 5.69 Å². The van der Waals surface area contributed by atoms with Gasteiger partial charge in [-0.25, -0.2) is 4.79 Å². The van der Waals surface area contributed by atoms with Crippen LogP contribution in [-0.2, 0) is 0 Å². The van der Waals surface area contributed by atoms with Crippen molar-refractivity contribution in [3.63, 3.8) is 0 Å². The first-order valence-corrected chi connectivity index (χ1v) is 6.01. The molecule has 2 aromatic carbocycles. The first-order valence-electron chi connectivity index (χ1n) is 6.01. The van der Waals surface area contributed by atoms with E-state index in [0.717, 1.165) is 5.56 Å². The Balaban J connectivity index is 0.00000220. The van der Waals surface area contributed by atoms with E-state index in [4.69, 9.17) is 21.6 Å². The van der Waals surface area contributed by atoms with E-state index in [1.54, 1.807) is 36.4 Å². The number of carbonyl (C=O) groups is 1. The van der Waals surface area contributed by atoms with E-state index in [9.17, 15) is 4.79 Å². The van der Waals surface area contributed by atoms with Crippen LogP contribution in [0.25, 0.3) is 0 Å². The number of ether oxygens (including phenoxy) is 1. The van der Waals surface area contributed by atoms with Crippen molar-refractivity contribution in [2.45, 2.75) is 6.92 Å². The molecule has 5 nitrogen and oxygen atoms in total. The summed E-state index contributed by atoms with van der Waals surface area (Å²) in [7, 11) is 0. The van der Waals surface area contributed by atoms with Crippen LogP contribution in [0.5, 0.6) is 5.75 Å². The number of aryl methyl sites for hydroxylation is 1. The van der Waals surface area contributed by atoms with Crippen molar-refractivity contribution in [1.82, 2.24) is 0 Å². The number of nitrogens with one attached hydrogen (secondary N) is 1. The average molecular weight is 306 g/mol. The molecule has 0 aromatic heterocycles. The second-order valence-corrected chi connectivity index (χ2v) is 4.36. The number of para-hydroxylation sites is 1. The number of rotatable bonds is 3. The quantitative estimate of drug-likeness (QED) is 0.266. The number of hydrogen-bond acceptors (Lipinski definition) is 4. The van der Waals surface area contributed by atoms with Crippen molar-refractivity contribution >= 4 is 29.9 Å². The van der Waals surface area contributed by atoms with Crippen molar-refractivity contribution in [1.29, 1.82) is 5.41 Å². The summed E-state index contributed by atoms with van der Waals surface area (Å²) in [5.74, 6) is -0.173. The summed E-state index contributed by atoms with van der Waals surface area (Å²) in [5.41, 5.74) is 13.4. The third-order valence-electron chi connectivity index (χ3n) is 2.92. The number of anilines is 1. The minimum atomic E-state index is -0.512. The highest BCUT2D eigenvalue weighted by atomic mass is 35.5. The smallest absolute Gasteiger partial charge is 0.345 e.